The average molecular weight is 307 g/mol. The zero-order valence-electron chi connectivity index (χ0n) is 11.8. The molecule has 0 amide bonds. The summed E-state index contributed by atoms with van der Waals surface area (Å²) in [6, 6.07) is 4.64. The molecule has 110 valence electrons. The Morgan fingerprint density at radius 3 is 2.05 bits per heavy atom. The van der Waals surface area contributed by atoms with Crippen LogP contribution >= 0.6 is 24.8 Å². The summed E-state index contributed by atoms with van der Waals surface area (Å²) in [5.41, 5.74) is 3.25. The van der Waals surface area contributed by atoms with Crippen molar-refractivity contribution in [1.82, 2.24) is 10.2 Å². The first-order valence-electron chi connectivity index (χ1n) is 6.34. The zero-order chi connectivity index (χ0) is 12.4. The Bertz CT molecular complexity index is 383. The molecule has 1 aliphatic heterocycles. The van der Waals surface area contributed by atoms with E-state index in [4.69, 9.17) is 0 Å². The van der Waals surface area contributed by atoms with Crippen molar-refractivity contribution in [1.29, 1.82) is 0 Å². The van der Waals surface area contributed by atoms with Crippen molar-refractivity contribution in [2.24, 2.45) is 0 Å². The topological polar surface area (TPSA) is 35.5 Å². The van der Waals surface area contributed by atoms with E-state index in [-0.39, 0.29) is 24.8 Å². The lowest BCUT2D eigenvalue weighted by molar-refractivity contribution is 0.185. The third-order valence-corrected chi connectivity index (χ3v) is 3.70. The Kier molecular flexibility index (Phi) is 7.75. The van der Waals surface area contributed by atoms with Crippen molar-refractivity contribution in [3.05, 3.63) is 28.8 Å². The Morgan fingerprint density at radius 1 is 1.11 bits per heavy atom. The smallest absolute Gasteiger partial charge is 0.121 e. The Hall–Kier alpha value is -0.480. The number of benzene rings is 1. The summed E-state index contributed by atoms with van der Waals surface area (Å²) in [5.74, 6) is 0.432. The van der Waals surface area contributed by atoms with E-state index < -0.39 is 0 Å². The molecule has 3 nitrogen and oxygen atoms in total. The molecule has 1 aromatic rings. The summed E-state index contributed by atoms with van der Waals surface area (Å²) in [7, 11) is 0. The van der Waals surface area contributed by atoms with Crippen LogP contribution in [0.15, 0.2) is 12.1 Å². The Morgan fingerprint density at radius 2 is 1.58 bits per heavy atom. The van der Waals surface area contributed by atoms with Gasteiger partial charge in [0, 0.05) is 32.2 Å². The number of nitrogens with one attached hydrogen (secondary N) is 1. The number of phenols is 1. The second-order valence-corrected chi connectivity index (χ2v) is 4.97. The molecule has 1 aliphatic rings. The molecule has 5 heteroatoms. The normalized spacial score (nSPS) is 17.2. The largest absolute Gasteiger partial charge is 0.507 e. The molecular formula is C14H24Cl2N2O. The fraction of sp³-hybridized carbons (Fsp3) is 0.571. The zero-order valence-corrected chi connectivity index (χ0v) is 13.4. The van der Waals surface area contributed by atoms with E-state index >= 15 is 0 Å². The van der Waals surface area contributed by atoms with Crippen LogP contribution in [0.3, 0.4) is 0 Å². The van der Waals surface area contributed by atoms with Crippen LogP contribution in [0.25, 0.3) is 0 Å². The van der Waals surface area contributed by atoms with Gasteiger partial charge >= 0.3 is 0 Å². The fourth-order valence-corrected chi connectivity index (χ4v) is 2.51. The van der Waals surface area contributed by atoms with Crippen LogP contribution < -0.4 is 5.32 Å². The van der Waals surface area contributed by atoms with Gasteiger partial charge in [-0.15, -0.1) is 24.8 Å². The third-order valence-electron chi connectivity index (χ3n) is 3.70. The summed E-state index contributed by atoms with van der Waals surface area (Å²) in [6.45, 7) is 10.5. The first-order valence-corrected chi connectivity index (χ1v) is 6.34. The predicted molar refractivity (Wildman–Crippen MR) is 84.9 cm³/mol. The van der Waals surface area contributed by atoms with Gasteiger partial charge in [0.15, 0.2) is 0 Å². The van der Waals surface area contributed by atoms with Crippen molar-refractivity contribution in [2.45, 2.75) is 26.8 Å². The van der Waals surface area contributed by atoms with E-state index in [1.165, 1.54) is 5.56 Å². The Labute approximate surface area is 128 Å². The number of phenolic OH excluding ortho intramolecular Hbond substituents is 1. The number of piperazine rings is 1. The second kappa shape index (κ2) is 7.95. The highest BCUT2D eigenvalue weighted by Crippen LogP contribution is 2.28. The van der Waals surface area contributed by atoms with Gasteiger partial charge in [-0.3, -0.25) is 4.90 Å². The van der Waals surface area contributed by atoms with Crippen LogP contribution in [0.5, 0.6) is 5.75 Å². The number of rotatable bonds is 2. The van der Waals surface area contributed by atoms with Gasteiger partial charge in [-0.2, -0.15) is 0 Å². The van der Waals surface area contributed by atoms with E-state index in [9.17, 15) is 5.11 Å². The highest BCUT2D eigenvalue weighted by molar-refractivity contribution is 5.85. The highest BCUT2D eigenvalue weighted by atomic mass is 35.5. The maximum Gasteiger partial charge on any atom is 0.121 e. The minimum absolute atomic E-state index is 0. The van der Waals surface area contributed by atoms with Crippen molar-refractivity contribution in [3.8, 4) is 5.75 Å². The molecule has 2 N–H and O–H groups in total. The molecule has 1 fully saturated rings. The molecule has 0 saturated carbocycles. The minimum Gasteiger partial charge on any atom is -0.507 e. The molecule has 0 bridgehead atoms. The fourth-order valence-electron chi connectivity index (χ4n) is 2.51. The molecule has 0 unspecified atom stereocenters. The number of aromatic hydroxyl groups is 1. The van der Waals surface area contributed by atoms with Gasteiger partial charge in [-0.1, -0.05) is 12.1 Å². The van der Waals surface area contributed by atoms with Gasteiger partial charge in [0.05, 0.1) is 0 Å². The SMILES string of the molecule is Cc1cc([C@@H](C)N2CCNCC2)cc(C)c1O.Cl.Cl. The molecule has 1 aromatic carbocycles. The summed E-state index contributed by atoms with van der Waals surface area (Å²) in [5, 5.41) is 13.2. The van der Waals surface area contributed by atoms with Crippen molar-refractivity contribution < 1.29 is 5.11 Å². The van der Waals surface area contributed by atoms with E-state index in [0.29, 0.717) is 11.8 Å². The molecule has 1 saturated heterocycles. The van der Waals surface area contributed by atoms with Gasteiger partial charge in [0.25, 0.3) is 0 Å². The molecule has 2 rings (SSSR count). The standard InChI is InChI=1S/C14H22N2O.2ClH/c1-10-8-13(9-11(2)14(10)17)12(3)16-6-4-15-5-7-16;;/h8-9,12,15,17H,4-7H2,1-3H3;2*1H/t12-;;/m1../s1. The van der Waals surface area contributed by atoms with Crippen LogP contribution in [0, 0.1) is 13.8 Å². The van der Waals surface area contributed by atoms with Gasteiger partial charge in [0.2, 0.25) is 0 Å². The first-order chi connectivity index (χ1) is 8.09. The number of hydrogen-bond acceptors (Lipinski definition) is 3. The van der Waals surface area contributed by atoms with Crippen LogP contribution in [-0.4, -0.2) is 36.2 Å². The summed E-state index contributed by atoms with van der Waals surface area (Å²) in [4.78, 5) is 2.49. The van der Waals surface area contributed by atoms with Gasteiger partial charge in [0.1, 0.15) is 5.75 Å². The molecule has 0 aliphatic carbocycles. The maximum absolute atomic E-state index is 9.80. The van der Waals surface area contributed by atoms with Crippen LogP contribution in [0.1, 0.15) is 29.7 Å². The number of aryl methyl sites for hydroxylation is 2. The van der Waals surface area contributed by atoms with Gasteiger partial charge in [-0.05, 0) is 37.5 Å². The van der Waals surface area contributed by atoms with Crippen molar-refractivity contribution >= 4 is 24.8 Å². The quantitative estimate of drug-likeness (QED) is 0.882. The average Bonchev–Trinajstić information content (AvgIpc) is 2.35. The first kappa shape index (κ1) is 18.5. The van der Waals surface area contributed by atoms with E-state index in [1.54, 1.807) is 0 Å². The maximum atomic E-state index is 9.80. The Balaban J connectivity index is 0.00000162. The van der Waals surface area contributed by atoms with Crippen molar-refractivity contribution in [2.75, 3.05) is 26.2 Å². The predicted octanol–water partition coefficient (Wildman–Crippen LogP) is 2.82. The molecule has 1 atom stereocenters. The molecule has 0 radical (unpaired) electrons. The third kappa shape index (κ3) is 4.25. The number of nitrogens with zero attached hydrogens (tertiary/aromatic N) is 1. The molecule has 1 heterocycles. The number of halogens is 2. The monoisotopic (exact) mass is 306 g/mol. The summed E-state index contributed by atoms with van der Waals surface area (Å²) < 4.78 is 0. The van der Waals surface area contributed by atoms with Crippen LogP contribution in [-0.2, 0) is 0 Å². The highest BCUT2D eigenvalue weighted by Gasteiger charge is 2.18. The van der Waals surface area contributed by atoms with Crippen molar-refractivity contribution in [3.63, 3.8) is 0 Å². The molecular weight excluding hydrogens is 283 g/mol. The van der Waals surface area contributed by atoms with Gasteiger partial charge < -0.3 is 10.4 Å². The van der Waals surface area contributed by atoms with E-state index in [1.807, 2.05) is 13.8 Å². The van der Waals surface area contributed by atoms with E-state index in [2.05, 4.69) is 29.3 Å². The lowest BCUT2D eigenvalue weighted by atomic mass is 10.00. The molecule has 0 spiro atoms. The van der Waals surface area contributed by atoms with Crippen LogP contribution in [0.2, 0.25) is 0 Å². The molecule has 0 aromatic heterocycles. The van der Waals surface area contributed by atoms with Gasteiger partial charge in [-0.25, -0.2) is 0 Å². The lowest BCUT2D eigenvalue weighted by Gasteiger charge is -2.33. The second-order valence-electron chi connectivity index (χ2n) is 4.97. The number of hydrogen-bond donors (Lipinski definition) is 2. The van der Waals surface area contributed by atoms with Crippen LogP contribution in [0.4, 0.5) is 0 Å². The minimum atomic E-state index is 0. The lowest BCUT2D eigenvalue weighted by Crippen LogP contribution is -2.44. The summed E-state index contributed by atoms with van der Waals surface area (Å²) >= 11 is 0. The summed E-state index contributed by atoms with van der Waals surface area (Å²) in [6.07, 6.45) is 0. The molecule has 19 heavy (non-hydrogen) atoms. The van der Waals surface area contributed by atoms with E-state index in [0.717, 1.165) is 37.3 Å².